The minimum atomic E-state index is -2.18. The summed E-state index contributed by atoms with van der Waals surface area (Å²) in [5.41, 5.74) is 4.19. The molecule has 2 aliphatic rings. The van der Waals surface area contributed by atoms with Gasteiger partial charge in [0.1, 0.15) is 0 Å². The molecule has 3 heteroatoms. The number of hydrogen-bond acceptors (Lipinski definition) is 0. The maximum absolute atomic E-state index is 6.20. The van der Waals surface area contributed by atoms with E-state index in [1.54, 1.807) is 0 Å². The molecule has 91 valence electrons. The summed E-state index contributed by atoms with van der Waals surface area (Å²) >= 11 is -2.18. The third-order valence-electron chi connectivity index (χ3n) is 3.69. The van der Waals surface area contributed by atoms with Gasteiger partial charge in [-0.2, -0.15) is 0 Å². The topological polar surface area (TPSA) is 0 Å². The van der Waals surface area contributed by atoms with Crippen molar-refractivity contribution in [1.29, 1.82) is 0 Å². The Bertz CT molecular complexity index is 543. The summed E-state index contributed by atoms with van der Waals surface area (Å²) < 4.78 is 0.936. The average Bonchev–Trinajstić information content (AvgIpc) is 2.94. The van der Waals surface area contributed by atoms with Crippen molar-refractivity contribution in [3.8, 4) is 0 Å². The van der Waals surface area contributed by atoms with Gasteiger partial charge in [-0.25, -0.2) is 0 Å². The second-order valence-corrected chi connectivity index (χ2v) is 13.9. The zero-order valence-electron chi connectivity index (χ0n) is 9.87. The van der Waals surface area contributed by atoms with Gasteiger partial charge in [0.2, 0.25) is 0 Å². The molecule has 2 aliphatic carbocycles. The van der Waals surface area contributed by atoms with Crippen LogP contribution in [0.2, 0.25) is 4.13 Å². The van der Waals surface area contributed by atoms with Crippen molar-refractivity contribution in [3.63, 3.8) is 0 Å². The van der Waals surface area contributed by atoms with Gasteiger partial charge in [0.05, 0.1) is 0 Å². The van der Waals surface area contributed by atoms with Crippen LogP contribution in [-0.4, -0.2) is 0 Å². The average molecular weight is 355 g/mol. The number of allylic oxidation sites excluding steroid dienone is 5. The summed E-state index contributed by atoms with van der Waals surface area (Å²) in [5.74, 6) is 0. The van der Waals surface area contributed by atoms with Crippen LogP contribution in [0.3, 0.4) is 0 Å². The Morgan fingerprint density at radius 3 is 2.50 bits per heavy atom. The summed E-state index contributed by atoms with van der Waals surface area (Å²) in [6.45, 7) is 0. The van der Waals surface area contributed by atoms with Crippen LogP contribution in [0.25, 0.3) is 6.08 Å². The van der Waals surface area contributed by atoms with Crippen LogP contribution in [0.1, 0.15) is 11.1 Å². The molecule has 0 unspecified atom stereocenters. The van der Waals surface area contributed by atoms with Crippen LogP contribution in [0.5, 0.6) is 0 Å². The quantitative estimate of drug-likeness (QED) is 0.709. The second-order valence-electron chi connectivity index (χ2n) is 4.82. The third-order valence-corrected chi connectivity index (χ3v) is 7.36. The first-order valence-corrected chi connectivity index (χ1v) is 14.1. The van der Waals surface area contributed by atoms with Gasteiger partial charge < -0.3 is 0 Å². The third kappa shape index (κ3) is 2.33. The van der Waals surface area contributed by atoms with Crippen molar-refractivity contribution in [2.24, 2.45) is 5.41 Å². The standard InChI is InChI=1S/C15H13.2ClH.Zr/c1-15(8-4-5-9-15)14-10-12-6-2-3-7-13(12)11-14;;;/h2-10H,1,11H2;2*1H;/q;;;+2/p-2. The van der Waals surface area contributed by atoms with E-state index in [9.17, 15) is 0 Å². The van der Waals surface area contributed by atoms with Crippen molar-refractivity contribution in [2.75, 3.05) is 0 Å². The molecule has 0 saturated carbocycles. The SMILES string of the molecule is [Cl][Zr]([Cl])[CH2]C1(C2=Cc3ccccc3C2)C=CC=C1. The molecule has 0 atom stereocenters. The second kappa shape index (κ2) is 5.12. The van der Waals surface area contributed by atoms with E-state index in [2.05, 4.69) is 54.6 Å². The Hall–Kier alpha value is -0.0969. The normalized spacial score (nSPS) is 18.9. The number of fused-ring (bicyclic) bond motifs is 1. The zero-order valence-corrected chi connectivity index (χ0v) is 13.8. The molecule has 18 heavy (non-hydrogen) atoms. The molecule has 0 saturated heterocycles. The molecular weight excluding hydrogens is 342 g/mol. The first-order chi connectivity index (χ1) is 8.70. The molecular formula is C15H13Cl2Zr. The summed E-state index contributed by atoms with van der Waals surface area (Å²) in [5, 5.41) is 0. The van der Waals surface area contributed by atoms with E-state index in [4.69, 9.17) is 17.0 Å². The molecule has 0 radical (unpaired) electrons. The van der Waals surface area contributed by atoms with Crippen LogP contribution in [0.4, 0.5) is 0 Å². The molecule has 0 spiro atoms. The summed E-state index contributed by atoms with van der Waals surface area (Å²) in [7, 11) is 12.4. The number of benzene rings is 1. The molecule has 0 heterocycles. The van der Waals surface area contributed by atoms with E-state index in [-0.39, 0.29) is 5.41 Å². The van der Waals surface area contributed by atoms with E-state index < -0.39 is 19.4 Å². The Labute approximate surface area is 123 Å². The van der Waals surface area contributed by atoms with Gasteiger partial charge in [-0.3, -0.25) is 0 Å². The van der Waals surface area contributed by atoms with E-state index in [1.165, 1.54) is 16.7 Å². The van der Waals surface area contributed by atoms with Gasteiger partial charge in [-0.1, -0.05) is 0 Å². The van der Waals surface area contributed by atoms with E-state index in [0.29, 0.717) is 0 Å². The summed E-state index contributed by atoms with van der Waals surface area (Å²) in [6.07, 6.45) is 12.1. The Kier molecular flexibility index (Phi) is 3.67. The maximum atomic E-state index is 6.20. The van der Waals surface area contributed by atoms with Crippen LogP contribution in [0, 0.1) is 5.41 Å². The number of hydrogen-bond donors (Lipinski definition) is 0. The first kappa shape index (κ1) is 12.9. The zero-order chi connectivity index (χ0) is 12.6. The molecule has 0 aliphatic heterocycles. The molecule has 0 amide bonds. The van der Waals surface area contributed by atoms with Gasteiger partial charge >= 0.3 is 124 Å². The molecule has 0 nitrogen and oxygen atoms in total. The van der Waals surface area contributed by atoms with Gasteiger partial charge in [-0.05, 0) is 0 Å². The molecule has 0 aromatic heterocycles. The van der Waals surface area contributed by atoms with Crippen LogP contribution >= 0.6 is 17.0 Å². The van der Waals surface area contributed by atoms with E-state index in [0.717, 1.165) is 10.5 Å². The fraction of sp³-hybridized carbons (Fsp3) is 0.200. The summed E-state index contributed by atoms with van der Waals surface area (Å²) in [6, 6.07) is 8.58. The first-order valence-electron chi connectivity index (χ1n) is 6.02. The monoisotopic (exact) mass is 353 g/mol. The molecule has 0 N–H and O–H groups in total. The molecule has 3 rings (SSSR count). The molecule has 0 fully saturated rings. The van der Waals surface area contributed by atoms with Crippen LogP contribution < -0.4 is 0 Å². The van der Waals surface area contributed by atoms with Crippen molar-refractivity contribution in [2.45, 2.75) is 10.5 Å². The minimum absolute atomic E-state index is 0.00269. The molecule has 1 aromatic carbocycles. The van der Waals surface area contributed by atoms with Crippen molar-refractivity contribution < 1.29 is 19.4 Å². The van der Waals surface area contributed by atoms with E-state index >= 15 is 0 Å². The van der Waals surface area contributed by atoms with Crippen molar-refractivity contribution >= 4 is 23.1 Å². The van der Waals surface area contributed by atoms with Gasteiger partial charge in [0.25, 0.3) is 0 Å². The van der Waals surface area contributed by atoms with Gasteiger partial charge in [0, 0.05) is 0 Å². The number of rotatable bonds is 3. The van der Waals surface area contributed by atoms with Gasteiger partial charge in [-0.15, -0.1) is 0 Å². The Morgan fingerprint density at radius 1 is 1.11 bits per heavy atom. The van der Waals surface area contributed by atoms with E-state index in [1.807, 2.05) is 0 Å². The number of halogens is 2. The van der Waals surface area contributed by atoms with Crippen molar-refractivity contribution in [1.82, 2.24) is 0 Å². The predicted octanol–water partition coefficient (Wildman–Crippen LogP) is 5.08. The fourth-order valence-corrected chi connectivity index (χ4v) is 7.60. The molecule has 1 aromatic rings. The summed E-state index contributed by atoms with van der Waals surface area (Å²) in [4.78, 5) is 0. The Balaban J connectivity index is 1.96. The fourth-order valence-electron chi connectivity index (χ4n) is 2.76. The van der Waals surface area contributed by atoms with Crippen LogP contribution in [0.15, 0.2) is 54.1 Å². The van der Waals surface area contributed by atoms with Gasteiger partial charge in [0.15, 0.2) is 0 Å². The van der Waals surface area contributed by atoms with Crippen LogP contribution in [-0.2, 0) is 25.8 Å². The van der Waals surface area contributed by atoms with Crippen molar-refractivity contribution in [3.05, 3.63) is 65.3 Å². The Morgan fingerprint density at radius 2 is 1.83 bits per heavy atom. The molecule has 0 bridgehead atoms. The predicted molar refractivity (Wildman–Crippen MR) is 75.3 cm³/mol.